The predicted molar refractivity (Wildman–Crippen MR) is 160 cm³/mol. The van der Waals surface area contributed by atoms with E-state index in [4.69, 9.17) is 20.7 Å². The number of anilines is 2. The van der Waals surface area contributed by atoms with Gasteiger partial charge in [-0.1, -0.05) is 0 Å². The number of hydrogen-bond donors (Lipinski definition) is 4. The number of halogens is 4. The lowest BCUT2D eigenvalue weighted by molar-refractivity contribution is -0.0529. The van der Waals surface area contributed by atoms with Crippen molar-refractivity contribution in [1.29, 1.82) is 0 Å². The van der Waals surface area contributed by atoms with Crippen molar-refractivity contribution >= 4 is 30.3 Å². The maximum Gasteiger partial charge on any atom is 0.365 e. The van der Waals surface area contributed by atoms with Gasteiger partial charge in [-0.2, -0.15) is 0 Å². The van der Waals surface area contributed by atoms with Crippen LogP contribution in [0.2, 0.25) is 0 Å². The molecule has 0 amide bonds. The number of nitrogens with two attached hydrogens (primary N) is 2. The molecule has 1 fully saturated rings. The molecular formula is C28H33F4N8O5P. The van der Waals surface area contributed by atoms with Gasteiger partial charge in [0.25, 0.3) is 6.43 Å². The largest absolute Gasteiger partial charge is 0.478 e. The summed E-state index contributed by atoms with van der Waals surface area (Å²) >= 11 is 0. The van der Waals surface area contributed by atoms with Crippen molar-refractivity contribution in [2.45, 2.75) is 57.4 Å². The quantitative estimate of drug-likeness (QED) is 0.134. The Kier molecular flexibility index (Phi) is 9.52. The molecule has 4 aromatic rings. The second-order valence-electron chi connectivity index (χ2n) is 11.4. The summed E-state index contributed by atoms with van der Waals surface area (Å²) in [7, 11) is -4.23. The van der Waals surface area contributed by atoms with Gasteiger partial charge in [-0.3, -0.25) is 9.55 Å². The van der Waals surface area contributed by atoms with E-state index in [9.17, 15) is 23.3 Å². The first-order valence-electron chi connectivity index (χ1n) is 14.2. The third-order valence-electron chi connectivity index (χ3n) is 7.52. The molecule has 0 spiro atoms. The van der Waals surface area contributed by atoms with E-state index in [1.807, 2.05) is 0 Å². The number of rotatable bonds is 11. The Morgan fingerprint density at radius 3 is 2.61 bits per heavy atom. The SMILES string of the molecule is CC(C)OP(=O)(O)COc1cc(F)c(-c2cc(Cn3cnc4c(N)ncnc43)c(N3CCC[C@](N)([C@H](O)C(F)F)C3)cn2)cc1F. The molecule has 0 aliphatic carbocycles. The summed E-state index contributed by atoms with van der Waals surface area (Å²) in [5.74, 6) is -2.41. The number of aromatic nitrogens is 5. The first kappa shape index (κ1) is 33.5. The zero-order chi connectivity index (χ0) is 33.4. The van der Waals surface area contributed by atoms with Gasteiger partial charge in [0.1, 0.15) is 23.8 Å². The third-order valence-corrected chi connectivity index (χ3v) is 8.72. The predicted octanol–water partition coefficient (Wildman–Crippen LogP) is 3.67. The summed E-state index contributed by atoms with van der Waals surface area (Å²) in [4.78, 5) is 28.4. The van der Waals surface area contributed by atoms with E-state index >= 15 is 8.78 Å². The first-order chi connectivity index (χ1) is 21.7. The average molecular weight is 669 g/mol. The number of nitrogens with zero attached hydrogens (tertiary/aromatic N) is 6. The fourth-order valence-corrected chi connectivity index (χ4v) is 6.43. The molecule has 18 heteroatoms. The number of alkyl halides is 2. The molecule has 5 rings (SSSR count). The van der Waals surface area contributed by atoms with Crippen molar-refractivity contribution in [2.24, 2.45) is 5.73 Å². The Balaban J connectivity index is 1.52. The average Bonchev–Trinajstić information content (AvgIpc) is 3.40. The van der Waals surface area contributed by atoms with E-state index in [0.717, 1.165) is 12.1 Å². The second kappa shape index (κ2) is 13.1. The molecule has 1 aliphatic heterocycles. The maximum absolute atomic E-state index is 15.4. The zero-order valence-electron chi connectivity index (χ0n) is 24.9. The van der Waals surface area contributed by atoms with Crippen LogP contribution in [0.15, 0.2) is 37.1 Å². The molecule has 3 aromatic heterocycles. The van der Waals surface area contributed by atoms with E-state index in [1.165, 1.54) is 38.8 Å². The molecule has 6 N–H and O–H groups in total. The number of imidazole rings is 1. The molecule has 3 atom stereocenters. The van der Waals surface area contributed by atoms with Gasteiger partial charge < -0.3 is 40.2 Å². The van der Waals surface area contributed by atoms with E-state index in [1.54, 1.807) is 9.47 Å². The molecule has 1 unspecified atom stereocenters. The second-order valence-corrected chi connectivity index (χ2v) is 13.1. The van der Waals surface area contributed by atoms with Gasteiger partial charge in [-0.25, -0.2) is 32.5 Å². The summed E-state index contributed by atoms with van der Waals surface area (Å²) < 4.78 is 81.2. The summed E-state index contributed by atoms with van der Waals surface area (Å²) in [5.41, 5.74) is 12.0. The minimum atomic E-state index is -4.23. The highest BCUT2D eigenvalue weighted by Crippen LogP contribution is 2.44. The Hall–Kier alpha value is -3.89. The normalized spacial score (nSPS) is 19.2. The number of hydrogen-bond acceptors (Lipinski definition) is 11. The van der Waals surface area contributed by atoms with Gasteiger partial charge in [-0.15, -0.1) is 0 Å². The molecule has 0 bridgehead atoms. The monoisotopic (exact) mass is 668 g/mol. The number of pyridine rings is 1. The molecular weight excluding hydrogens is 635 g/mol. The van der Waals surface area contributed by atoms with E-state index in [2.05, 4.69) is 19.9 Å². The molecule has 1 aliphatic rings. The number of aliphatic hydroxyl groups is 1. The van der Waals surface area contributed by atoms with Crippen LogP contribution in [-0.2, 0) is 15.6 Å². The number of piperidine rings is 1. The maximum atomic E-state index is 15.4. The minimum Gasteiger partial charge on any atom is -0.478 e. The fraction of sp³-hybridized carbons (Fsp3) is 0.429. The van der Waals surface area contributed by atoms with Crippen LogP contribution < -0.4 is 21.1 Å². The number of ether oxygens (including phenoxy) is 1. The van der Waals surface area contributed by atoms with E-state index in [-0.39, 0.29) is 36.6 Å². The van der Waals surface area contributed by atoms with Gasteiger partial charge in [0.15, 0.2) is 29.4 Å². The summed E-state index contributed by atoms with van der Waals surface area (Å²) in [6.45, 7) is 3.40. The van der Waals surface area contributed by atoms with Crippen LogP contribution in [-0.4, -0.2) is 78.1 Å². The highest BCUT2D eigenvalue weighted by molar-refractivity contribution is 7.52. The highest BCUT2D eigenvalue weighted by atomic mass is 31.2. The van der Waals surface area contributed by atoms with Gasteiger partial charge in [0.05, 0.1) is 42.1 Å². The molecule has 0 saturated carbocycles. The van der Waals surface area contributed by atoms with Crippen LogP contribution >= 0.6 is 7.60 Å². The van der Waals surface area contributed by atoms with Crippen molar-refractivity contribution in [3.63, 3.8) is 0 Å². The van der Waals surface area contributed by atoms with Crippen molar-refractivity contribution < 1.29 is 41.4 Å². The highest BCUT2D eigenvalue weighted by Gasteiger charge is 2.43. The number of nitrogen functional groups attached to an aromatic ring is 1. The van der Waals surface area contributed by atoms with Gasteiger partial charge in [0.2, 0.25) is 0 Å². The zero-order valence-corrected chi connectivity index (χ0v) is 25.7. The third kappa shape index (κ3) is 7.08. The van der Waals surface area contributed by atoms with Crippen LogP contribution in [0, 0.1) is 11.6 Å². The van der Waals surface area contributed by atoms with Crippen LogP contribution in [0.3, 0.4) is 0 Å². The van der Waals surface area contributed by atoms with Crippen LogP contribution in [0.25, 0.3) is 22.4 Å². The number of aliphatic hydroxyl groups excluding tert-OH is 1. The van der Waals surface area contributed by atoms with E-state index < -0.39 is 55.5 Å². The van der Waals surface area contributed by atoms with Gasteiger partial charge >= 0.3 is 7.60 Å². The fourth-order valence-electron chi connectivity index (χ4n) is 5.40. The summed E-state index contributed by atoms with van der Waals surface area (Å²) in [6, 6.07) is 3.07. The molecule has 4 heterocycles. The van der Waals surface area contributed by atoms with Crippen LogP contribution in [0.5, 0.6) is 5.75 Å². The van der Waals surface area contributed by atoms with Crippen LogP contribution in [0.1, 0.15) is 32.3 Å². The first-order valence-corrected chi connectivity index (χ1v) is 16.0. The summed E-state index contributed by atoms with van der Waals surface area (Å²) in [6.07, 6.45) is -1.95. The molecule has 248 valence electrons. The number of benzene rings is 1. The van der Waals surface area contributed by atoms with Crippen molar-refractivity contribution in [3.05, 3.63) is 54.2 Å². The summed E-state index contributed by atoms with van der Waals surface area (Å²) in [5, 5.41) is 10.2. The van der Waals surface area contributed by atoms with Crippen molar-refractivity contribution in [2.75, 3.05) is 30.1 Å². The Morgan fingerprint density at radius 1 is 1.13 bits per heavy atom. The topological polar surface area (TPSA) is 188 Å². The Labute approximate surface area is 260 Å². The number of fused-ring (bicyclic) bond motifs is 1. The molecule has 0 radical (unpaired) electrons. The van der Waals surface area contributed by atoms with Gasteiger partial charge in [0, 0.05) is 24.7 Å². The Morgan fingerprint density at radius 2 is 1.89 bits per heavy atom. The minimum absolute atomic E-state index is 0.0138. The van der Waals surface area contributed by atoms with Crippen molar-refractivity contribution in [1.82, 2.24) is 24.5 Å². The molecule has 1 saturated heterocycles. The smallest absolute Gasteiger partial charge is 0.365 e. The van der Waals surface area contributed by atoms with Crippen molar-refractivity contribution in [3.8, 4) is 17.0 Å². The lowest BCUT2D eigenvalue weighted by Crippen LogP contribution is -2.63. The van der Waals surface area contributed by atoms with Crippen LogP contribution in [0.4, 0.5) is 29.1 Å². The molecule has 1 aromatic carbocycles. The van der Waals surface area contributed by atoms with Gasteiger partial charge in [-0.05, 0) is 44.4 Å². The lowest BCUT2D eigenvalue weighted by Gasteiger charge is -2.44. The van der Waals surface area contributed by atoms with E-state index in [0.29, 0.717) is 35.4 Å². The lowest BCUT2D eigenvalue weighted by atomic mass is 9.84. The standard InChI is InChI=1S/C28H33F4N8O5P/c1-15(2)45-46(42,43)14-44-22-8-18(29)17(7-19(22)30)20-6-16(10-40-13-38-23-26(33)36-12-37-27(23)40)21(9-35-20)39-5-3-4-28(34,11-39)24(41)25(31)32/h6-9,12-13,15,24-25,41H,3-5,10-11,14,34H2,1-2H3,(H,42,43)(H2,33,36,37)/t24-,28-/m1/s1. The Bertz CT molecular complexity index is 1780. The molecule has 46 heavy (non-hydrogen) atoms. The molecule has 13 nitrogen and oxygen atoms in total.